The summed E-state index contributed by atoms with van der Waals surface area (Å²) in [7, 11) is -3.90. The van der Waals surface area contributed by atoms with Gasteiger partial charge in [-0.15, -0.1) is 0 Å². The van der Waals surface area contributed by atoms with Crippen molar-refractivity contribution in [2.75, 3.05) is 13.6 Å². The molecule has 10 heteroatoms. The number of halogens is 6. The van der Waals surface area contributed by atoms with Gasteiger partial charge in [-0.1, -0.05) is 11.6 Å². The number of hydrogen-bond donors (Lipinski definition) is 0. The zero-order valence-electron chi connectivity index (χ0n) is 9.30. The van der Waals surface area contributed by atoms with Crippen molar-refractivity contribution in [2.45, 2.75) is 11.1 Å². The number of rotatable bonds is 3. The minimum absolute atomic E-state index is 0.00957. The first kappa shape index (κ1) is 16.7. The summed E-state index contributed by atoms with van der Waals surface area (Å²) in [6.07, 6.45) is -4.72. The van der Waals surface area contributed by atoms with Gasteiger partial charge in [-0.25, -0.2) is 12.8 Å². The van der Waals surface area contributed by atoms with Crippen molar-refractivity contribution in [2.24, 2.45) is 0 Å². The lowest BCUT2D eigenvalue weighted by atomic mass is 10.3. The van der Waals surface area contributed by atoms with Gasteiger partial charge in [-0.2, -0.15) is 17.5 Å². The van der Waals surface area contributed by atoms with Gasteiger partial charge in [0.05, 0.1) is 5.02 Å². The molecule has 0 saturated heterocycles. The SMILES string of the molecule is CN(CC(F)(F)F)S(=O)(=O)c1ccc(Br)c(Cl)c1F. The van der Waals surface area contributed by atoms with Crippen LogP contribution in [0.1, 0.15) is 0 Å². The topological polar surface area (TPSA) is 37.4 Å². The summed E-state index contributed by atoms with van der Waals surface area (Å²) in [6.45, 7) is -1.72. The van der Waals surface area contributed by atoms with Gasteiger partial charge in [0.2, 0.25) is 10.0 Å². The van der Waals surface area contributed by atoms with Gasteiger partial charge >= 0.3 is 6.18 Å². The minimum atomic E-state index is -4.72. The summed E-state index contributed by atoms with van der Waals surface area (Å²) in [5.74, 6) is -1.30. The summed E-state index contributed by atoms with van der Waals surface area (Å²) in [5, 5.41) is -0.513. The fourth-order valence-corrected chi connectivity index (χ4v) is 2.96. The standard InChI is InChI=1S/C9H7BrClF4NO2S/c1-16(4-9(13,14)15)19(17,18)6-3-2-5(10)7(11)8(6)12/h2-3H,4H2,1H3. The molecule has 0 unspecified atom stereocenters. The molecule has 0 heterocycles. The Bertz CT molecular complexity index is 591. The van der Waals surface area contributed by atoms with Crippen LogP contribution in [0.2, 0.25) is 5.02 Å². The maximum absolute atomic E-state index is 13.7. The quantitative estimate of drug-likeness (QED) is 0.591. The molecule has 1 aromatic rings. The molecule has 0 aliphatic rings. The van der Waals surface area contributed by atoms with Gasteiger partial charge in [0, 0.05) is 11.5 Å². The van der Waals surface area contributed by atoms with Crippen molar-refractivity contribution < 1.29 is 26.0 Å². The second kappa shape index (κ2) is 5.55. The van der Waals surface area contributed by atoms with E-state index < -0.39 is 38.5 Å². The third-order valence-electron chi connectivity index (χ3n) is 2.09. The van der Waals surface area contributed by atoms with Crippen molar-refractivity contribution in [3.05, 3.63) is 27.4 Å². The van der Waals surface area contributed by atoms with E-state index in [1.807, 2.05) is 0 Å². The Labute approximate surface area is 120 Å². The lowest BCUT2D eigenvalue weighted by molar-refractivity contribution is -0.134. The molecule has 0 aliphatic carbocycles. The number of alkyl halides is 3. The van der Waals surface area contributed by atoms with Crippen molar-refractivity contribution in [3.8, 4) is 0 Å². The molecule has 0 spiro atoms. The molecule has 0 fully saturated rings. The maximum Gasteiger partial charge on any atom is 0.402 e. The van der Waals surface area contributed by atoms with Crippen LogP contribution in [0.3, 0.4) is 0 Å². The number of nitrogens with zero attached hydrogens (tertiary/aromatic N) is 1. The van der Waals surface area contributed by atoms with Crippen LogP contribution in [0.5, 0.6) is 0 Å². The van der Waals surface area contributed by atoms with Crippen LogP contribution in [0.25, 0.3) is 0 Å². The summed E-state index contributed by atoms with van der Waals surface area (Å²) >= 11 is 8.37. The largest absolute Gasteiger partial charge is 0.402 e. The van der Waals surface area contributed by atoms with Gasteiger partial charge in [0.1, 0.15) is 11.4 Å². The monoisotopic (exact) mass is 383 g/mol. The highest BCUT2D eigenvalue weighted by Crippen LogP contribution is 2.31. The highest BCUT2D eigenvalue weighted by atomic mass is 79.9. The molecule has 0 atom stereocenters. The van der Waals surface area contributed by atoms with E-state index >= 15 is 0 Å². The predicted octanol–water partition coefficient (Wildman–Crippen LogP) is 3.42. The molecule has 1 rings (SSSR count). The van der Waals surface area contributed by atoms with E-state index in [0.717, 1.165) is 12.1 Å². The van der Waals surface area contributed by atoms with Crippen molar-refractivity contribution in [3.63, 3.8) is 0 Å². The number of sulfonamides is 1. The summed E-state index contributed by atoms with van der Waals surface area (Å²) in [4.78, 5) is -0.910. The highest BCUT2D eigenvalue weighted by molar-refractivity contribution is 9.10. The Kier molecular flexibility index (Phi) is 4.87. The first-order valence-electron chi connectivity index (χ1n) is 4.63. The molecule has 0 amide bonds. The van der Waals surface area contributed by atoms with Gasteiger partial charge in [0.25, 0.3) is 0 Å². The normalized spacial score (nSPS) is 13.1. The fraction of sp³-hybridized carbons (Fsp3) is 0.333. The molecule has 0 radical (unpaired) electrons. The molecule has 19 heavy (non-hydrogen) atoms. The van der Waals surface area contributed by atoms with Gasteiger partial charge in [-0.3, -0.25) is 0 Å². The van der Waals surface area contributed by atoms with Gasteiger partial charge < -0.3 is 0 Å². The van der Waals surface area contributed by atoms with Crippen LogP contribution < -0.4 is 0 Å². The molecular formula is C9H7BrClF4NO2S. The highest BCUT2D eigenvalue weighted by Gasteiger charge is 2.36. The van der Waals surface area contributed by atoms with Crippen molar-refractivity contribution in [1.82, 2.24) is 4.31 Å². The first-order chi connectivity index (χ1) is 8.47. The molecular weight excluding hydrogens is 378 g/mol. The van der Waals surface area contributed by atoms with Gasteiger partial charge in [-0.05, 0) is 28.1 Å². The van der Waals surface area contributed by atoms with Gasteiger partial charge in [0.15, 0.2) is 5.82 Å². The van der Waals surface area contributed by atoms with Crippen LogP contribution in [0.4, 0.5) is 17.6 Å². The van der Waals surface area contributed by atoms with E-state index in [4.69, 9.17) is 11.6 Å². The summed E-state index contributed by atoms with van der Waals surface area (Å²) < 4.78 is 73.9. The zero-order chi connectivity index (χ0) is 15.0. The lowest BCUT2D eigenvalue weighted by Crippen LogP contribution is -2.36. The second-order valence-electron chi connectivity index (χ2n) is 3.55. The van der Waals surface area contributed by atoms with Crippen LogP contribution in [-0.4, -0.2) is 32.5 Å². The number of benzene rings is 1. The van der Waals surface area contributed by atoms with Crippen LogP contribution in [-0.2, 0) is 10.0 Å². The Morgan fingerprint density at radius 3 is 2.37 bits per heavy atom. The van der Waals surface area contributed by atoms with Crippen LogP contribution >= 0.6 is 27.5 Å². The third-order valence-corrected chi connectivity index (χ3v) is 5.17. The first-order valence-corrected chi connectivity index (χ1v) is 7.24. The molecule has 0 N–H and O–H groups in total. The van der Waals surface area contributed by atoms with Crippen molar-refractivity contribution >= 4 is 37.6 Å². The Hall–Kier alpha value is -0.380. The minimum Gasteiger partial charge on any atom is -0.207 e. The van der Waals surface area contributed by atoms with E-state index in [-0.39, 0.29) is 8.78 Å². The molecule has 108 valence electrons. The molecule has 0 bridgehead atoms. The Morgan fingerprint density at radius 2 is 1.89 bits per heavy atom. The molecule has 0 aliphatic heterocycles. The van der Waals surface area contributed by atoms with E-state index in [1.54, 1.807) is 0 Å². The Morgan fingerprint density at radius 1 is 1.37 bits per heavy atom. The van der Waals surface area contributed by atoms with E-state index in [2.05, 4.69) is 15.9 Å². The van der Waals surface area contributed by atoms with E-state index in [9.17, 15) is 26.0 Å². The van der Waals surface area contributed by atoms with Crippen LogP contribution in [0.15, 0.2) is 21.5 Å². The fourth-order valence-electron chi connectivity index (χ4n) is 1.21. The average Bonchev–Trinajstić information content (AvgIpc) is 2.23. The smallest absolute Gasteiger partial charge is 0.207 e. The average molecular weight is 385 g/mol. The van der Waals surface area contributed by atoms with E-state index in [1.165, 1.54) is 0 Å². The summed E-state index contributed by atoms with van der Waals surface area (Å²) in [5.41, 5.74) is 0. The number of hydrogen-bond acceptors (Lipinski definition) is 2. The molecule has 3 nitrogen and oxygen atoms in total. The maximum atomic E-state index is 13.7. The third kappa shape index (κ3) is 3.80. The molecule has 0 aromatic heterocycles. The summed E-state index contributed by atoms with van der Waals surface area (Å²) in [6, 6.07) is 1.98. The van der Waals surface area contributed by atoms with Crippen molar-refractivity contribution in [1.29, 1.82) is 0 Å². The molecule has 0 saturated carbocycles. The van der Waals surface area contributed by atoms with E-state index in [0.29, 0.717) is 7.05 Å². The van der Waals surface area contributed by atoms with Crippen LogP contribution in [0, 0.1) is 5.82 Å². The second-order valence-corrected chi connectivity index (χ2v) is 6.80. The Balaban J connectivity index is 3.25. The zero-order valence-corrected chi connectivity index (χ0v) is 12.5. The predicted molar refractivity (Wildman–Crippen MR) is 65.0 cm³/mol. The lowest BCUT2D eigenvalue weighted by Gasteiger charge is -2.19. The molecule has 1 aromatic carbocycles.